The first kappa shape index (κ1) is 26.4. The molecule has 5 rings (SSSR count). The summed E-state index contributed by atoms with van der Waals surface area (Å²) in [7, 11) is 0. The van der Waals surface area contributed by atoms with Gasteiger partial charge in [0.1, 0.15) is 6.04 Å². The monoisotopic (exact) mass is 527 g/mol. The highest BCUT2D eigenvalue weighted by Gasteiger charge is 2.36. The lowest BCUT2D eigenvalue weighted by Crippen LogP contribution is -2.43. The number of carbonyl (C=O) groups is 1. The Morgan fingerprint density at radius 2 is 1.53 bits per heavy atom. The Morgan fingerprint density at radius 3 is 2.13 bits per heavy atom. The summed E-state index contributed by atoms with van der Waals surface area (Å²) in [6.07, 6.45) is 1.85. The smallest absolute Gasteiger partial charge is 0.416 e. The van der Waals surface area contributed by atoms with Crippen LogP contribution in [0.1, 0.15) is 80.4 Å². The number of nitrogens with zero attached hydrogens (tertiary/aromatic N) is 3. The minimum absolute atomic E-state index is 0.0599. The highest BCUT2D eigenvalue weighted by molar-refractivity contribution is 5.72. The summed E-state index contributed by atoms with van der Waals surface area (Å²) >= 11 is 0. The van der Waals surface area contributed by atoms with Gasteiger partial charge >= 0.3 is 12.1 Å². The van der Waals surface area contributed by atoms with Crippen LogP contribution in [0, 0.1) is 0 Å². The number of rotatable bonds is 6. The average molecular weight is 528 g/mol. The molecule has 2 heterocycles. The van der Waals surface area contributed by atoms with Crippen molar-refractivity contribution in [2.75, 3.05) is 13.1 Å². The predicted molar refractivity (Wildman–Crippen MR) is 137 cm³/mol. The Hall–Kier alpha value is -3.20. The molecule has 2 aromatic carbocycles. The molecule has 9 heteroatoms. The van der Waals surface area contributed by atoms with Crippen molar-refractivity contribution in [3.05, 3.63) is 59.2 Å². The van der Waals surface area contributed by atoms with Gasteiger partial charge in [0.25, 0.3) is 0 Å². The van der Waals surface area contributed by atoms with Crippen LogP contribution in [0.4, 0.5) is 13.2 Å². The van der Waals surface area contributed by atoms with Crippen LogP contribution in [0.3, 0.4) is 0 Å². The fourth-order valence-electron chi connectivity index (χ4n) is 5.84. The molecule has 1 aromatic heterocycles. The van der Waals surface area contributed by atoms with Gasteiger partial charge in [-0.05, 0) is 92.9 Å². The van der Waals surface area contributed by atoms with Gasteiger partial charge in [0.2, 0.25) is 11.8 Å². The van der Waals surface area contributed by atoms with Gasteiger partial charge in [-0.1, -0.05) is 37.5 Å². The maximum atomic E-state index is 14.0. The second-order valence-electron chi connectivity index (χ2n) is 10.5. The summed E-state index contributed by atoms with van der Waals surface area (Å²) in [5.74, 6) is -0.227. The molecule has 2 fully saturated rings. The van der Waals surface area contributed by atoms with Crippen LogP contribution in [-0.2, 0) is 11.0 Å². The zero-order valence-electron chi connectivity index (χ0n) is 21.4. The molecule has 0 amide bonds. The van der Waals surface area contributed by atoms with Crippen molar-refractivity contribution >= 4 is 5.97 Å². The zero-order valence-corrected chi connectivity index (χ0v) is 21.4. The number of halogens is 3. The van der Waals surface area contributed by atoms with E-state index in [4.69, 9.17) is 4.42 Å². The molecule has 0 spiro atoms. The molecular weight excluding hydrogens is 495 g/mol. The molecule has 1 aliphatic heterocycles. The van der Waals surface area contributed by atoms with E-state index in [0.29, 0.717) is 17.0 Å². The third-order valence-electron chi connectivity index (χ3n) is 8.14. The number of piperidine rings is 1. The van der Waals surface area contributed by atoms with E-state index in [2.05, 4.69) is 10.2 Å². The number of aromatic nitrogens is 2. The molecule has 1 saturated carbocycles. The molecule has 3 aromatic rings. The Labute approximate surface area is 219 Å². The van der Waals surface area contributed by atoms with Crippen molar-refractivity contribution in [3.8, 4) is 22.9 Å². The fourth-order valence-corrected chi connectivity index (χ4v) is 5.84. The molecule has 0 radical (unpaired) electrons. The number of hydrogen-bond acceptors (Lipinski definition) is 5. The normalized spacial score (nSPS) is 18.9. The van der Waals surface area contributed by atoms with E-state index in [-0.39, 0.29) is 23.3 Å². The number of aliphatic carboxylic acids is 1. The van der Waals surface area contributed by atoms with E-state index < -0.39 is 23.8 Å². The first-order valence-electron chi connectivity index (χ1n) is 13.3. The van der Waals surface area contributed by atoms with Gasteiger partial charge < -0.3 is 9.52 Å². The standard InChI is InChI=1S/C29H32F3N3O3/c1-18(28(36)37)35-15-13-20(14-16-35)19-7-9-22(10-8-19)26-33-34-27(38-26)23-11-12-24(21-5-3-2-4-6-21)25(17-23)29(30,31)32/h7-12,17-18,20-21H,2-6,13-16H2,1H3,(H,36,37). The number of carboxylic acid groups (broad SMARTS) is 1. The molecule has 6 nitrogen and oxygen atoms in total. The Morgan fingerprint density at radius 1 is 0.921 bits per heavy atom. The minimum atomic E-state index is -4.46. The molecule has 1 unspecified atom stereocenters. The Kier molecular flexibility index (Phi) is 7.56. The van der Waals surface area contributed by atoms with Crippen LogP contribution >= 0.6 is 0 Å². The summed E-state index contributed by atoms with van der Waals surface area (Å²) in [5, 5.41) is 17.4. The molecule has 1 aliphatic carbocycles. The van der Waals surface area contributed by atoms with Gasteiger partial charge in [0, 0.05) is 11.1 Å². The highest BCUT2D eigenvalue weighted by atomic mass is 19.4. The van der Waals surface area contributed by atoms with Crippen LogP contribution in [-0.4, -0.2) is 45.3 Å². The maximum absolute atomic E-state index is 14.0. The molecule has 2 aliphatic rings. The number of hydrogen-bond donors (Lipinski definition) is 1. The number of benzene rings is 2. The fraction of sp³-hybridized carbons (Fsp3) is 0.483. The van der Waals surface area contributed by atoms with Gasteiger partial charge in [0.15, 0.2) is 0 Å². The zero-order chi connectivity index (χ0) is 26.9. The van der Waals surface area contributed by atoms with Crippen LogP contribution in [0.2, 0.25) is 0 Å². The van der Waals surface area contributed by atoms with Crippen molar-refractivity contribution in [1.29, 1.82) is 0 Å². The molecule has 202 valence electrons. The third-order valence-corrected chi connectivity index (χ3v) is 8.14. The largest absolute Gasteiger partial charge is 0.480 e. The SMILES string of the molecule is CC(C(=O)O)N1CCC(c2ccc(-c3nnc(-c4ccc(C5CCCCC5)c(C(F)(F)F)c4)o3)cc2)CC1. The summed E-state index contributed by atoms with van der Waals surface area (Å²) in [4.78, 5) is 13.2. The van der Waals surface area contributed by atoms with E-state index in [1.165, 1.54) is 0 Å². The lowest BCUT2D eigenvalue weighted by Gasteiger charge is -2.34. The van der Waals surface area contributed by atoms with E-state index in [0.717, 1.165) is 69.7 Å². The molecular formula is C29H32F3N3O3. The number of carboxylic acids is 1. The van der Waals surface area contributed by atoms with E-state index in [1.807, 2.05) is 29.2 Å². The minimum Gasteiger partial charge on any atom is -0.480 e. The van der Waals surface area contributed by atoms with Crippen LogP contribution in [0.25, 0.3) is 22.9 Å². The maximum Gasteiger partial charge on any atom is 0.416 e. The van der Waals surface area contributed by atoms with Crippen molar-refractivity contribution < 1.29 is 27.5 Å². The van der Waals surface area contributed by atoms with Gasteiger partial charge in [-0.2, -0.15) is 13.2 Å². The van der Waals surface area contributed by atoms with Crippen molar-refractivity contribution in [2.24, 2.45) is 0 Å². The van der Waals surface area contributed by atoms with E-state index >= 15 is 0 Å². The predicted octanol–water partition coefficient (Wildman–Crippen LogP) is 7.12. The van der Waals surface area contributed by atoms with Gasteiger partial charge in [-0.3, -0.25) is 9.69 Å². The van der Waals surface area contributed by atoms with Crippen molar-refractivity contribution in [3.63, 3.8) is 0 Å². The van der Waals surface area contributed by atoms with Gasteiger partial charge in [0.05, 0.1) is 5.56 Å². The lowest BCUT2D eigenvalue weighted by atomic mass is 9.81. The first-order valence-corrected chi connectivity index (χ1v) is 13.3. The quantitative estimate of drug-likeness (QED) is 0.368. The van der Waals surface area contributed by atoms with Gasteiger partial charge in [-0.15, -0.1) is 10.2 Å². The molecule has 1 saturated heterocycles. The second-order valence-corrected chi connectivity index (χ2v) is 10.5. The summed E-state index contributed by atoms with van der Waals surface area (Å²) in [6.45, 7) is 3.17. The summed E-state index contributed by atoms with van der Waals surface area (Å²) in [6, 6.07) is 11.6. The van der Waals surface area contributed by atoms with Crippen LogP contribution in [0.5, 0.6) is 0 Å². The summed E-state index contributed by atoms with van der Waals surface area (Å²) < 4.78 is 47.7. The molecule has 1 atom stereocenters. The Balaban J connectivity index is 1.30. The van der Waals surface area contributed by atoms with E-state index in [1.54, 1.807) is 19.1 Å². The first-order chi connectivity index (χ1) is 18.2. The molecule has 1 N–H and O–H groups in total. The third kappa shape index (κ3) is 5.62. The van der Waals surface area contributed by atoms with Crippen LogP contribution in [0.15, 0.2) is 46.9 Å². The van der Waals surface area contributed by atoms with Crippen LogP contribution < -0.4 is 0 Å². The van der Waals surface area contributed by atoms with Gasteiger partial charge in [-0.25, -0.2) is 0 Å². The number of alkyl halides is 3. The average Bonchev–Trinajstić information content (AvgIpc) is 3.43. The Bertz CT molecular complexity index is 1260. The molecule has 38 heavy (non-hydrogen) atoms. The lowest BCUT2D eigenvalue weighted by molar-refractivity contribution is -0.143. The summed E-state index contributed by atoms with van der Waals surface area (Å²) in [5.41, 5.74) is 1.85. The molecule has 0 bridgehead atoms. The highest BCUT2D eigenvalue weighted by Crippen LogP contribution is 2.42. The van der Waals surface area contributed by atoms with E-state index in [9.17, 15) is 23.1 Å². The van der Waals surface area contributed by atoms with Crippen molar-refractivity contribution in [2.45, 2.75) is 75.9 Å². The van der Waals surface area contributed by atoms with Crippen molar-refractivity contribution in [1.82, 2.24) is 15.1 Å². The number of likely N-dealkylation sites (tertiary alicyclic amines) is 1. The second kappa shape index (κ2) is 10.9. The topological polar surface area (TPSA) is 79.5 Å².